The van der Waals surface area contributed by atoms with Crippen molar-refractivity contribution in [3.05, 3.63) is 95.4 Å². The van der Waals surface area contributed by atoms with Gasteiger partial charge < -0.3 is 24.5 Å². The highest BCUT2D eigenvalue weighted by Gasteiger charge is 2.26. The second kappa shape index (κ2) is 17.4. The molecule has 0 aliphatic carbocycles. The van der Waals surface area contributed by atoms with E-state index in [-0.39, 0.29) is 17.1 Å². The van der Waals surface area contributed by atoms with Gasteiger partial charge >= 0.3 is 0 Å². The molecule has 0 bridgehead atoms. The summed E-state index contributed by atoms with van der Waals surface area (Å²) < 4.78 is 5.28. The maximum absolute atomic E-state index is 12.7. The van der Waals surface area contributed by atoms with Gasteiger partial charge in [-0.25, -0.2) is 9.97 Å². The van der Waals surface area contributed by atoms with Crippen molar-refractivity contribution in [3.8, 4) is 22.4 Å². The second-order valence-electron chi connectivity index (χ2n) is 17.7. The van der Waals surface area contributed by atoms with Crippen LogP contribution in [0.15, 0.2) is 71.5 Å². The molecule has 6 aromatic rings. The topological polar surface area (TPSA) is 135 Å². The average molecular weight is 810 g/mol. The minimum absolute atomic E-state index is 0.0322. The lowest BCUT2D eigenvalue weighted by Crippen LogP contribution is -2.49. The maximum Gasteiger partial charge on any atom is 0.292 e. The second-order valence-corrected chi connectivity index (χ2v) is 17.7. The van der Waals surface area contributed by atoms with Gasteiger partial charge in [-0.1, -0.05) is 45.0 Å². The Morgan fingerprint density at radius 2 is 1.65 bits per heavy atom. The molecule has 2 fully saturated rings. The number of aromatic nitrogens is 6. The number of piperidine rings is 1. The zero-order chi connectivity index (χ0) is 42.0. The average Bonchev–Trinajstić information content (AvgIpc) is 3.93. The van der Waals surface area contributed by atoms with Crippen LogP contribution in [0.2, 0.25) is 0 Å². The monoisotopic (exact) mass is 809 g/mol. The Bertz CT molecular complexity index is 2420. The molecule has 6 heterocycles. The quantitative estimate of drug-likeness (QED) is 0.125. The van der Waals surface area contributed by atoms with E-state index in [2.05, 4.69) is 109 Å². The molecule has 2 aliphatic rings. The summed E-state index contributed by atoms with van der Waals surface area (Å²) in [5.41, 5.74) is 10.3. The lowest BCUT2D eigenvalue weighted by molar-refractivity contribution is 0.0937. The first-order valence-corrected chi connectivity index (χ1v) is 21.5. The van der Waals surface area contributed by atoms with E-state index in [9.17, 15) is 4.79 Å². The number of carbonyl (C=O) groups excluding carboxylic acids is 1. The van der Waals surface area contributed by atoms with Crippen molar-refractivity contribution in [2.75, 3.05) is 74.1 Å². The number of rotatable bonds is 12. The van der Waals surface area contributed by atoms with E-state index in [0.29, 0.717) is 12.4 Å². The van der Waals surface area contributed by atoms with Gasteiger partial charge in [0.2, 0.25) is 5.89 Å². The van der Waals surface area contributed by atoms with Crippen LogP contribution in [0, 0.1) is 19.8 Å². The van der Waals surface area contributed by atoms with Crippen molar-refractivity contribution in [1.82, 2.24) is 40.5 Å². The third-order valence-corrected chi connectivity index (χ3v) is 12.2. The molecule has 0 spiro atoms. The third-order valence-electron chi connectivity index (χ3n) is 12.2. The Morgan fingerprint density at radius 1 is 0.883 bits per heavy atom. The van der Waals surface area contributed by atoms with Gasteiger partial charge in [-0.05, 0) is 98.2 Å². The molecule has 0 unspecified atom stereocenters. The Morgan fingerprint density at radius 3 is 2.33 bits per heavy atom. The minimum atomic E-state index is -0.374. The van der Waals surface area contributed by atoms with Crippen LogP contribution in [0.5, 0.6) is 0 Å². The number of piperazine rings is 1. The first kappa shape index (κ1) is 40.9. The standard InChI is InChI=1S/C47H59N11O2/c1-8-17-55(7)40-13-12-38(25-32(40)3)57-18-15-33(16-19-57)30-56-20-22-58(23-21-56)41-14-11-36(28-48-41)37-26-39-42(52-53-43(39)49-29-37)34-9-10-35(31(2)24-34)27-50-45(59)44-51-46(60-54-44)47(4,5)6/h9-14,24-26,28-29,33H,8,15-23,27,30H2,1-7H3,(H,50,59)(H,49,52,53). The summed E-state index contributed by atoms with van der Waals surface area (Å²) in [7, 11) is 2.20. The van der Waals surface area contributed by atoms with Crippen LogP contribution >= 0.6 is 0 Å². The predicted molar refractivity (Wildman–Crippen MR) is 240 cm³/mol. The number of anilines is 3. The molecule has 314 valence electrons. The number of hydrogen-bond donors (Lipinski definition) is 2. The van der Waals surface area contributed by atoms with Crippen LogP contribution in [0.25, 0.3) is 33.4 Å². The molecule has 2 saturated heterocycles. The Labute approximate surface area is 353 Å². The van der Waals surface area contributed by atoms with Crippen LogP contribution in [-0.2, 0) is 12.0 Å². The Balaban J connectivity index is 0.834. The van der Waals surface area contributed by atoms with Crippen molar-refractivity contribution in [2.45, 2.75) is 72.8 Å². The summed E-state index contributed by atoms with van der Waals surface area (Å²) in [5.74, 6) is 1.85. The number of hydrogen-bond acceptors (Lipinski definition) is 11. The lowest BCUT2D eigenvalue weighted by Gasteiger charge is -2.40. The summed E-state index contributed by atoms with van der Waals surface area (Å²) in [6, 6.07) is 19.5. The highest BCUT2D eigenvalue weighted by Crippen LogP contribution is 2.32. The summed E-state index contributed by atoms with van der Waals surface area (Å²) in [4.78, 5) is 36.7. The largest absolute Gasteiger partial charge is 0.374 e. The zero-order valence-electron chi connectivity index (χ0n) is 36.3. The first-order chi connectivity index (χ1) is 28.9. The molecule has 2 N–H and O–H groups in total. The fraction of sp³-hybridized carbons (Fsp3) is 0.447. The van der Waals surface area contributed by atoms with Gasteiger partial charge in [0, 0.05) is 117 Å². The molecule has 60 heavy (non-hydrogen) atoms. The molecular formula is C47H59N11O2. The number of nitrogens with zero attached hydrogens (tertiary/aromatic N) is 9. The summed E-state index contributed by atoms with van der Waals surface area (Å²) in [6.45, 7) is 21.4. The number of aromatic amines is 1. The predicted octanol–water partition coefficient (Wildman–Crippen LogP) is 7.80. The van der Waals surface area contributed by atoms with Gasteiger partial charge in [0.1, 0.15) is 11.5 Å². The van der Waals surface area contributed by atoms with Crippen molar-refractivity contribution < 1.29 is 9.32 Å². The molecule has 13 nitrogen and oxygen atoms in total. The molecule has 4 aromatic heterocycles. The number of carbonyl (C=O) groups is 1. The van der Waals surface area contributed by atoms with Crippen LogP contribution in [-0.4, -0.2) is 101 Å². The van der Waals surface area contributed by atoms with Crippen molar-refractivity contribution in [1.29, 1.82) is 0 Å². The third kappa shape index (κ3) is 9.01. The number of aryl methyl sites for hydroxylation is 2. The molecule has 0 radical (unpaired) electrons. The van der Waals surface area contributed by atoms with E-state index >= 15 is 0 Å². The normalized spacial score (nSPS) is 15.5. The molecular weight excluding hydrogens is 751 g/mol. The molecule has 13 heteroatoms. The van der Waals surface area contributed by atoms with Crippen LogP contribution < -0.4 is 20.0 Å². The number of amides is 1. The number of H-pyrrole nitrogens is 1. The molecule has 0 atom stereocenters. The summed E-state index contributed by atoms with van der Waals surface area (Å²) >= 11 is 0. The molecule has 0 saturated carbocycles. The van der Waals surface area contributed by atoms with E-state index in [4.69, 9.17) is 14.5 Å². The van der Waals surface area contributed by atoms with Crippen LogP contribution in [0.4, 0.5) is 17.2 Å². The summed E-state index contributed by atoms with van der Waals surface area (Å²) in [5, 5.41) is 15.5. The van der Waals surface area contributed by atoms with Crippen LogP contribution in [0.3, 0.4) is 0 Å². The maximum atomic E-state index is 12.7. The SMILES string of the molecule is CCCN(C)c1ccc(N2CCC(CN3CCN(c4ccc(-c5cnc6[nH]nc(-c7ccc(CNC(=O)c8noc(C(C)(C)C)n8)c(C)c7)c6c5)cn4)CC3)CC2)cc1C. The highest BCUT2D eigenvalue weighted by atomic mass is 16.5. The number of benzene rings is 2. The molecule has 8 rings (SSSR count). The Hall–Kier alpha value is -5.82. The molecule has 1 amide bonds. The molecule has 2 aromatic carbocycles. The van der Waals surface area contributed by atoms with E-state index in [1.54, 1.807) is 0 Å². The fourth-order valence-electron chi connectivity index (χ4n) is 8.56. The van der Waals surface area contributed by atoms with Crippen LogP contribution in [0.1, 0.15) is 80.2 Å². The van der Waals surface area contributed by atoms with Gasteiger partial charge in [0.15, 0.2) is 5.65 Å². The fourth-order valence-corrected chi connectivity index (χ4v) is 8.56. The van der Waals surface area contributed by atoms with Gasteiger partial charge in [-0.2, -0.15) is 10.1 Å². The molecule has 2 aliphatic heterocycles. The smallest absolute Gasteiger partial charge is 0.292 e. The van der Waals surface area contributed by atoms with E-state index in [1.165, 1.54) is 36.3 Å². The van der Waals surface area contributed by atoms with Gasteiger partial charge in [0.25, 0.3) is 11.7 Å². The van der Waals surface area contributed by atoms with E-state index in [0.717, 1.165) is 109 Å². The number of fused-ring (bicyclic) bond motifs is 1. The van der Waals surface area contributed by atoms with Crippen molar-refractivity contribution in [2.24, 2.45) is 5.92 Å². The van der Waals surface area contributed by atoms with Crippen molar-refractivity contribution in [3.63, 3.8) is 0 Å². The van der Waals surface area contributed by atoms with E-state index in [1.807, 2.05) is 52.2 Å². The van der Waals surface area contributed by atoms with E-state index < -0.39 is 0 Å². The van der Waals surface area contributed by atoms with Gasteiger partial charge in [0.05, 0.1) is 0 Å². The zero-order valence-corrected chi connectivity index (χ0v) is 36.3. The summed E-state index contributed by atoms with van der Waals surface area (Å²) in [6.07, 6.45) is 7.49. The lowest BCUT2D eigenvalue weighted by atomic mass is 9.95. The van der Waals surface area contributed by atoms with Crippen molar-refractivity contribution >= 4 is 34.1 Å². The first-order valence-electron chi connectivity index (χ1n) is 21.5. The number of nitrogens with one attached hydrogen (secondary N) is 2. The highest BCUT2D eigenvalue weighted by molar-refractivity contribution is 5.93. The Kier molecular flexibility index (Phi) is 11.9. The van der Waals surface area contributed by atoms with Gasteiger partial charge in [-0.3, -0.25) is 14.8 Å². The van der Waals surface area contributed by atoms with Gasteiger partial charge in [-0.15, -0.1) is 0 Å². The minimum Gasteiger partial charge on any atom is -0.374 e. The number of pyridine rings is 2.